The predicted octanol–water partition coefficient (Wildman–Crippen LogP) is 12.6. The Morgan fingerprint density at radius 2 is 0.694 bits per heavy atom. The molecular weight excluding hydrogens is 761 g/mol. The SMILES string of the molecule is c1ccc(-c2nc(-c3ccccc3)nc(-c3cccc(-n4c5ccccc5c5c4ccc4c6ccccc6n(-c6nc(-c7ccccc7)nc(-c7ccccc7)n6)c45)c3)n2)cc1. The zero-order chi connectivity index (χ0) is 41.0. The molecule has 12 aromatic rings. The molecule has 8 heteroatoms. The smallest absolute Gasteiger partial charge is 0.238 e. The highest BCUT2D eigenvalue weighted by molar-refractivity contribution is 6.26. The van der Waals surface area contributed by atoms with Gasteiger partial charge in [-0.1, -0.05) is 176 Å². The van der Waals surface area contributed by atoms with Gasteiger partial charge in [0, 0.05) is 55.0 Å². The van der Waals surface area contributed by atoms with E-state index in [0.29, 0.717) is 35.1 Å². The normalized spacial score (nSPS) is 11.5. The lowest BCUT2D eigenvalue weighted by atomic mass is 10.1. The lowest BCUT2D eigenvalue weighted by molar-refractivity contribution is 0.955. The third-order valence-electron chi connectivity index (χ3n) is 11.4. The molecule has 0 unspecified atom stereocenters. The summed E-state index contributed by atoms with van der Waals surface area (Å²) in [6.07, 6.45) is 0. The van der Waals surface area contributed by atoms with Crippen molar-refractivity contribution in [3.8, 4) is 68.6 Å². The Balaban J connectivity index is 1.11. The van der Waals surface area contributed by atoms with Crippen LogP contribution in [-0.2, 0) is 0 Å². The summed E-state index contributed by atoms with van der Waals surface area (Å²) >= 11 is 0. The summed E-state index contributed by atoms with van der Waals surface area (Å²) in [5, 5.41) is 4.44. The Morgan fingerprint density at radius 1 is 0.274 bits per heavy atom. The quantitative estimate of drug-likeness (QED) is 0.160. The molecule has 62 heavy (non-hydrogen) atoms. The Labute approximate surface area is 356 Å². The summed E-state index contributed by atoms with van der Waals surface area (Å²) in [5.41, 5.74) is 9.71. The van der Waals surface area contributed by atoms with E-state index < -0.39 is 0 Å². The second kappa shape index (κ2) is 14.6. The van der Waals surface area contributed by atoms with E-state index in [1.807, 2.05) is 121 Å². The maximum Gasteiger partial charge on any atom is 0.238 e. The third-order valence-corrected chi connectivity index (χ3v) is 11.4. The van der Waals surface area contributed by atoms with Gasteiger partial charge in [0.05, 0.1) is 22.1 Å². The van der Waals surface area contributed by atoms with Gasteiger partial charge in [-0.25, -0.2) is 19.9 Å². The minimum absolute atomic E-state index is 0.550. The zero-order valence-electron chi connectivity index (χ0n) is 33.2. The van der Waals surface area contributed by atoms with Gasteiger partial charge in [-0.3, -0.25) is 4.57 Å². The summed E-state index contributed by atoms with van der Waals surface area (Å²) < 4.78 is 4.56. The highest BCUT2D eigenvalue weighted by Gasteiger charge is 2.23. The molecule has 4 heterocycles. The van der Waals surface area contributed by atoms with Crippen LogP contribution < -0.4 is 0 Å². The number of para-hydroxylation sites is 2. The van der Waals surface area contributed by atoms with Crippen molar-refractivity contribution in [3.63, 3.8) is 0 Å². The number of hydrogen-bond acceptors (Lipinski definition) is 6. The van der Waals surface area contributed by atoms with Crippen molar-refractivity contribution in [3.05, 3.63) is 206 Å². The highest BCUT2D eigenvalue weighted by atomic mass is 15.2. The van der Waals surface area contributed by atoms with Crippen LogP contribution in [0.15, 0.2) is 206 Å². The fraction of sp³-hybridized carbons (Fsp3) is 0. The Morgan fingerprint density at radius 3 is 1.23 bits per heavy atom. The fourth-order valence-electron chi connectivity index (χ4n) is 8.61. The van der Waals surface area contributed by atoms with Crippen molar-refractivity contribution in [1.82, 2.24) is 39.0 Å². The predicted molar refractivity (Wildman–Crippen MR) is 249 cm³/mol. The first-order valence-electron chi connectivity index (χ1n) is 20.6. The standard InChI is InChI=1S/C54H34N8/c1-5-18-35(19-6-1)49-55-50(36-20-7-2-8-21-36)57-53(56-49)39-26-17-27-40(34-39)61-45-31-16-14-29-43(45)47-46(61)33-32-42-41-28-13-15-30-44(41)62(48(42)47)54-59-51(37-22-9-3-10-23-37)58-52(60-54)38-24-11-4-12-25-38/h1-34H. The molecule has 8 nitrogen and oxygen atoms in total. The van der Waals surface area contributed by atoms with Crippen LogP contribution in [0.1, 0.15) is 0 Å². The van der Waals surface area contributed by atoms with Crippen LogP contribution in [0, 0.1) is 0 Å². The van der Waals surface area contributed by atoms with Crippen LogP contribution in [0.4, 0.5) is 0 Å². The largest absolute Gasteiger partial charge is 0.309 e. The minimum Gasteiger partial charge on any atom is -0.309 e. The maximum atomic E-state index is 5.24. The van der Waals surface area contributed by atoms with Gasteiger partial charge in [0.2, 0.25) is 5.95 Å². The van der Waals surface area contributed by atoms with Crippen LogP contribution in [0.5, 0.6) is 0 Å². The number of fused-ring (bicyclic) bond motifs is 7. The van der Waals surface area contributed by atoms with E-state index in [-0.39, 0.29) is 0 Å². The summed E-state index contributed by atoms with van der Waals surface area (Å²) in [6.45, 7) is 0. The first-order valence-corrected chi connectivity index (χ1v) is 20.6. The molecular formula is C54H34N8. The first kappa shape index (κ1) is 35.3. The van der Waals surface area contributed by atoms with E-state index in [1.165, 1.54) is 0 Å². The second-order valence-corrected chi connectivity index (χ2v) is 15.2. The molecule has 0 fully saturated rings. The number of hydrogen-bond donors (Lipinski definition) is 0. The number of rotatable bonds is 7. The van der Waals surface area contributed by atoms with Gasteiger partial charge < -0.3 is 4.57 Å². The lowest BCUT2D eigenvalue weighted by Crippen LogP contribution is -2.06. The van der Waals surface area contributed by atoms with Crippen molar-refractivity contribution in [2.24, 2.45) is 0 Å². The van der Waals surface area contributed by atoms with Gasteiger partial charge in [-0.15, -0.1) is 0 Å². The molecule has 8 aromatic carbocycles. The number of benzene rings is 8. The summed E-state index contributed by atoms with van der Waals surface area (Å²) in [6, 6.07) is 70.5. The third kappa shape index (κ3) is 5.92. The first-order chi connectivity index (χ1) is 30.7. The van der Waals surface area contributed by atoms with Crippen molar-refractivity contribution in [1.29, 1.82) is 0 Å². The molecule has 0 N–H and O–H groups in total. The van der Waals surface area contributed by atoms with Crippen LogP contribution in [0.3, 0.4) is 0 Å². The molecule has 0 bridgehead atoms. The fourth-order valence-corrected chi connectivity index (χ4v) is 8.61. The molecule has 0 amide bonds. The molecule has 0 saturated carbocycles. The van der Waals surface area contributed by atoms with E-state index in [9.17, 15) is 0 Å². The number of aromatic nitrogens is 8. The minimum atomic E-state index is 0.550. The van der Waals surface area contributed by atoms with Crippen molar-refractivity contribution >= 4 is 43.6 Å². The van der Waals surface area contributed by atoms with E-state index in [2.05, 4.69) is 94.1 Å². The molecule has 0 spiro atoms. The van der Waals surface area contributed by atoms with E-state index in [1.54, 1.807) is 0 Å². The van der Waals surface area contributed by atoms with E-state index in [0.717, 1.165) is 77.1 Å². The Hall–Kier alpha value is -8.62. The molecule has 0 aliphatic heterocycles. The number of nitrogens with zero attached hydrogens (tertiary/aromatic N) is 8. The molecule has 0 atom stereocenters. The summed E-state index contributed by atoms with van der Waals surface area (Å²) in [4.78, 5) is 30.6. The second-order valence-electron chi connectivity index (χ2n) is 15.2. The molecule has 0 aliphatic carbocycles. The Bertz CT molecular complexity index is 3500. The highest BCUT2D eigenvalue weighted by Crippen LogP contribution is 2.42. The van der Waals surface area contributed by atoms with Gasteiger partial charge in [-0.05, 0) is 30.3 Å². The van der Waals surface area contributed by atoms with E-state index >= 15 is 0 Å². The van der Waals surface area contributed by atoms with Crippen molar-refractivity contribution in [2.45, 2.75) is 0 Å². The molecule has 0 saturated heterocycles. The molecule has 0 aliphatic rings. The van der Waals surface area contributed by atoms with E-state index in [4.69, 9.17) is 29.9 Å². The van der Waals surface area contributed by atoms with Crippen LogP contribution >= 0.6 is 0 Å². The van der Waals surface area contributed by atoms with Gasteiger partial charge in [0.1, 0.15) is 0 Å². The maximum absolute atomic E-state index is 5.24. The molecule has 4 aromatic heterocycles. The topological polar surface area (TPSA) is 87.2 Å². The van der Waals surface area contributed by atoms with Gasteiger partial charge in [-0.2, -0.15) is 9.97 Å². The van der Waals surface area contributed by atoms with Crippen LogP contribution in [0.25, 0.3) is 112 Å². The monoisotopic (exact) mass is 794 g/mol. The van der Waals surface area contributed by atoms with Gasteiger partial charge >= 0.3 is 0 Å². The lowest BCUT2D eigenvalue weighted by Gasteiger charge is -2.12. The zero-order valence-corrected chi connectivity index (χ0v) is 33.2. The van der Waals surface area contributed by atoms with Crippen molar-refractivity contribution < 1.29 is 0 Å². The van der Waals surface area contributed by atoms with Crippen molar-refractivity contribution in [2.75, 3.05) is 0 Å². The molecule has 290 valence electrons. The van der Waals surface area contributed by atoms with Gasteiger partial charge in [0.15, 0.2) is 29.1 Å². The average Bonchev–Trinajstić information content (AvgIpc) is 3.88. The average molecular weight is 795 g/mol. The summed E-state index contributed by atoms with van der Waals surface area (Å²) in [7, 11) is 0. The summed E-state index contributed by atoms with van der Waals surface area (Å²) in [5.74, 6) is 3.61. The molecule has 0 radical (unpaired) electrons. The van der Waals surface area contributed by atoms with Crippen LogP contribution in [0.2, 0.25) is 0 Å². The Kier molecular flexibility index (Phi) is 8.31. The molecule has 12 rings (SSSR count). The van der Waals surface area contributed by atoms with Crippen LogP contribution in [-0.4, -0.2) is 39.0 Å². The van der Waals surface area contributed by atoms with Gasteiger partial charge in [0.25, 0.3) is 0 Å².